The van der Waals surface area contributed by atoms with Crippen LogP contribution in [0, 0.1) is 12.7 Å². The smallest absolute Gasteiger partial charge is 0.264 e. The Morgan fingerprint density at radius 3 is 2.37 bits per heavy atom. The van der Waals surface area contributed by atoms with E-state index in [1.165, 1.54) is 37.4 Å². The fourth-order valence-corrected chi connectivity index (χ4v) is 4.34. The van der Waals surface area contributed by atoms with Crippen LogP contribution in [-0.2, 0) is 14.8 Å². The maximum absolute atomic E-state index is 13.9. The summed E-state index contributed by atoms with van der Waals surface area (Å²) < 4.78 is 47.0. The quantitative estimate of drug-likeness (QED) is 0.618. The molecule has 6 nitrogen and oxygen atoms in total. The molecule has 8 heteroatoms. The van der Waals surface area contributed by atoms with Gasteiger partial charge in [-0.2, -0.15) is 0 Å². The van der Waals surface area contributed by atoms with Crippen LogP contribution in [0.2, 0.25) is 0 Å². The summed E-state index contributed by atoms with van der Waals surface area (Å²) >= 11 is 0. The monoisotopic (exact) mass is 428 g/mol. The van der Waals surface area contributed by atoms with Crippen molar-refractivity contribution >= 4 is 27.3 Å². The highest BCUT2D eigenvalue weighted by atomic mass is 32.2. The summed E-state index contributed by atoms with van der Waals surface area (Å²) in [5.41, 5.74) is 0.967. The highest BCUT2D eigenvalue weighted by Gasteiger charge is 2.29. The zero-order valence-corrected chi connectivity index (χ0v) is 17.3. The number of aryl methyl sites for hydroxylation is 1. The molecular weight excluding hydrogens is 407 g/mol. The minimum absolute atomic E-state index is 0.0206. The molecule has 3 aromatic carbocycles. The zero-order valence-electron chi connectivity index (χ0n) is 16.5. The van der Waals surface area contributed by atoms with Gasteiger partial charge in [-0.25, -0.2) is 12.8 Å². The SMILES string of the molecule is COc1ccc(C)cc1N(CC(=O)Nc1ccccc1F)S(=O)(=O)c1ccccc1. The van der Waals surface area contributed by atoms with Crippen molar-refractivity contribution in [3.8, 4) is 5.75 Å². The molecule has 0 heterocycles. The van der Waals surface area contributed by atoms with Crippen LogP contribution in [0.25, 0.3) is 0 Å². The highest BCUT2D eigenvalue weighted by molar-refractivity contribution is 7.92. The molecule has 0 saturated carbocycles. The average Bonchev–Trinajstić information content (AvgIpc) is 2.74. The number of sulfonamides is 1. The average molecular weight is 428 g/mol. The van der Waals surface area contributed by atoms with E-state index in [1.807, 2.05) is 0 Å². The first-order chi connectivity index (χ1) is 14.3. The lowest BCUT2D eigenvalue weighted by Gasteiger charge is -2.26. The highest BCUT2D eigenvalue weighted by Crippen LogP contribution is 2.33. The molecule has 0 aliphatic rings. The summed E-state index contributed by atoms with van der Waals surface area (Å²) in [7, 11) is -2.68. The number of hydrogen-bond donors (Lipinski definition) is 1. The first kappa shape index (κ1) is 21.3. The Kier molecular flexibility index (Phi) is 6.37. The molecule has 0 saturated heterocycles. The van der Waals surface area contributed by atoms with Gasteiger partial charge in [0, 0.05) is 0 Å². The van der Waals surface area contributed by atoms with Gasteiger partial charge in [0.1, 0.15) is 18.1 Å². The van der Waals surface area contributed by atoms with Gasteiger partial charge in [-0.05, 0) is 48.9 Å². The van der Waals surface area contributed by atoms with Gasteiger partial charge in [0.2, 0.25) is 5.91 Å². The van der Waals surface area contributed by atoms with Gasteiger partial charge in [0.15, 0.2) is 0 Å². The number of rotatable bonds is 7. The summed E-state index contributed by atoms with van der Waals surface area (Å²) in [6, 6.07) is 18.5. The van der Waals surface area contributed by atoms with Crippen LogP contribution >= 0.6 is 0 Å². The van der Waals surface area contributed by atoms with Crippen LogP contribution in [0.5, 0.6) is 5.75 Å². The van der Waals surface area contributed by atoms with Gasteiger partial charge in [-0.15, -0.1) is 0 Å². The van der Waals surface area contributed by atoms with Gasteiger partial charge >= 0.3 is 0 Å². The summed E-state index contributed by atoms with van der Waals surface area (Å²) in [6.07, 6.45) is 0. The molecule has 0 aliphatic carbocycles. The fourth-order valence-electron chi connectivity index (χ4n) is 2.90. The predicted octanol–water partition coefficient (Wildman–Crippen LogP) is 3.98. The van der Waals surface area contributed by atoms with E-state index in [1.54, 1.807) is 49.4 Å². The van der Waals surface area contributed by atoms with E-state index in [2.05, 4.69) is 5.32 Å². The van der Waals surface area contributed by atoms with Gasteiger partial charge in [-0.1, -0.05) is 36.4 Å². The molecule has 0 fully saturated rings. The Balaban J connectivity index is 2.03. The first-order valence-corrected chi connectivity index (χ1v) is 10.5. The third-order valence-corrected chi connectivity index (χ3v) is 6.14. The second-order valence-corrected chi connectivity index (χ2v) is 8.39. The number of amides is 1. The molecule has 1 amide bonds. The summed E-state index contributed by atoms with van der Waals surface area (Å²) in [6.45, 7) is 1.24. The Labute approximate surface area is 175 Å². The second-order valence-electron chi connectivity index (χ2n) is 6.53. The lowest BCUT2D eigenvalue weighted by molar-refractivity contribution is -0.114. The van der Waals surface area contributed by atoms with Crippen molar-refractivity contribution < 1.29 is 22.3 Å². The largest absolute Gasteiger partial charge is 0.495 e. The van der Waals surface area contributed by atoms with Crippen LogP contribution in [0.3, 0.4) is 0 Å². The van der Waals surface area contributed by atoms with Crippen molar-refractivity contribution in [1.82, 2.24) is 0 Å². The van der Waals surface area contributed by atoms with Crippen molar-refractivity contribution in [3.05, 3.63) is 84.2 Å². The normalized spacial score (nSPS) is 11.0. The molecule has 156 valence electrons. The number of carbonyl (C=O) groups is 1. The van der Waals surface area contributed by atoms with Crippen LogP contribution in [0.4, 0.5) is 15.8 Å². The molecule has 0 unspecified atom stereocenters. The van der Waals surface area contributed by atoms with E-state index >= 15 is 0 Å². The molecule has 30 heavy (non-hydrogen) atoms. The van der Waals surface area contributed by atoms with E-state index < -0.39 is 28.3 Å². The Morgan fingerprint density at radius 2 is 1.70 bits per heavy atom. The minimum atomic E-state index is -4.10. The van der Waals surface area contributed by atoms with Gasteiger partial charge in [0.05, 0.1) is 23.4 Å². The molecule has 0 aromatic heterocycles. The maximum atomic E-state index is 13.9. The van der Waals surface area contributed by atoms with E-state index in [4.69, 9.17) is 4.74 Å². The summed E-state index contributed by atoms with van der Waals surface area (Å²) in [5.74, 6) is -1.02. The standard InChI is InChI=1S/C22H21FN2O4S/c1-16-12-13-21(29-2)20(14-16)25(30(27,28)17-8-4-3-5-9-17)15-22(26)24-19-11-7-6-10-18(19)23/h3-14H,15H2,1-2H3,(H,24,26). The van der Waals surface area contributed by atoms with Crippen LogP contribution < -0.4 is 14.4 Å². The van der Waals surface area contributed by atoms with Crippen LogP contribution in [0.1, 0.15) is 5.56 Å². The number of nitrogens with one attached hydrogen (secondary N) is 1. The molecule has 0 bridgehead atoms. The Hall–Kier alpha value is -3.39. The number of halogens is 1. The Bertz CT molecular complexity index is 1150. The first-order valence-electron chi connectivity index (χ1n) is 9.09. The summed E-state index contributed by atoms with van der Waals surface area (Å²) in [5, 5.41) is 2.43. The van der Waals surface area contributed by atoms with Crippen LogP contribution in [-0.4, -0.2) is 28.0 Å². The maximum Gasteiger partial charge on any atom is 0.264 e. The third-order valence-electron chi connectivity index (χ3n) is 4.37. The molecule has 0 atom stereocenters. The number of anilines is 2. The molecule has 0 radical (unpaired) electrons. The predicted molar refractivity (Wildman–Crippen MR) is 114 cm³/mol. The second kappa shape index (κ2) is 8.96. The van der Waals surface area contributed by atoms with Crippen molar-refractivity contribution in [2.45, 2.75) is 11.8 Å². The van der Waals surface area contributed by atoms with Crippen molar-refractivity contribution in [2.75, 3.05) is 23.3 Å². The number of methoxy groups -OCH3 is 1. The molecular formula is C22H21FN2O4S. The number of nitrogens with zero attached hydrogens (tertiary/aromatic N) is 1. The summed E-state index contributed by atoms with van der Waals surface area (Å²) in [4.78, 5) is 12.7. The number of carbonyl (C=O) groups excluding carboxylic acids is 1. The van der Waals surface area contributed by atoms with E-state index in [-0.39, 0.29) is 16.3 Å². The number of para-hydroxylation sites is 1. The molecule has 0 aliphatic heterocycles. The fraction of sp³-hybridized carbons (Fsp3) is 0.136. The van der Waals surface area contributed by atoms with E-state index in [0.717, 1.165) is 9.87 Å². The van der Waals surface area contributed by atoms with Crippen molar-refractivity contribution in [2.24, 2.45) is 0 Å². The number of hydrogen-bond acceptors (Lipinski definition) is 4. The van der Waals surface area contributed by atoms with Gasteiger partial charge in [0.25, 0.3) is 10.0 Å². The topological polar surface area (TPSA) is 75.7 Å². The molecule has 0 spiro atoms. The minimum Gasteiger partial charge on any atom is -0.495 e. The molecule has 3 rings (SSSR count). The lowest BCUT2D eigenvalue weighted by Crippen LogP contribution is -2.38. The molecule has 3 aromatic rings. The molecule has 1 N–H and O–H groups in total. The van der Waals surface area contributed by atoms with Gasteiger partial charge in [-0.3, -0.25) is 9.10 Å². The zero-order chi connectivity index (χ0) is 21.7. The van der Waals surface area contributed by atoms with Gasteiger partial charge < -0.3 is 10.1 Å². The van der Waals surface area contributed by atoms with Crippen molar-refractivity contribution in [1.29, 1.82) is 0 Å². The number of ether oxygens (including phenoxy) is 1. The lowest BCUT2D eigenvalue weighted by atomic mass is 10.2. The number of benzene rings is 3. The van der Waals surface area contributed by atoms with E-state index in [9.17, 15) is 17.6 Å². The third kappa shape index (κ3) is 4.60. The van der Waals surface area contributed by atoms with E-state index in [0.29, 0.717) is 5.75 Å². The van der Waals surface area contributed by atoms with Crippen LogP contribution in [0.15, 0.2) is 77.7 Å². The van der Waals surface area contributed by atoms with Crippen molar-refractivity contribution in [3.63, 3.8) is 0 Å². The Morgan fingerprint density at radius 1 is 1.03 bits per heavy atom.